The first-order chi connectivity index (χ1) is 14.5. The summed E-state index contributed by atoms with van der Waals surface area (Å²) in [5, 5.41) is 24.8. The molecule has 7 nitrogen and oxygen atoms in total. The van der Waals surface area contributed by atoms with E-state index in [-0.39, 0.29) is 28.4 Å². The van der Waals surface area contributed by atoms with Crippen molar-refractivity contribution < 1.29 is 37.7 Å². The van der Waals surface area contributed by atoms with Gasteiger partial charge in [0.2, 0.25) is 11.5 Å². The largest absolute Gasteiger partial charge is 0.502 e. The summed E-state index contributed by atoms with van der Waals surface area (Å²) in [4.78, 5) is 13.2. The van der Waals surface area contributed by atoms with E-state index in [1.165, 1.54) is 50.6 Å². The van der Waals surface area contributed by atoms with E-state index >= 15 is 0 Å². The molecule has 0 saturated carbocycles. The molecule has 1 aliphatic rings. The highest BCUT2D eigenvalue weighted by molar-refractivity contribution is 7.80. The maximum Gasteiger partial charge on any atom is 0.437 e. The van der Waals surface area contributed by atoms with Gasteiger partial charge in [-0.3, -0.25) is 4.79 Å². The van der Waals surface area contributed by atoms with Crippen LogP contribution in [0, 0.1) is 5.92 Å². The second-order valence-electron chi connectivity index (χ2n) is 6.82. The van der Waals surface area contributed by atoms with Gasteiger partial charge in [0, 0.05) is 5.56 Å². The van der Waals surface area contributed by atoms with Crippen molar-refractivity contribution in [2.75, 3.05) is 14.2 Å². The Balaban J connectivity index is 2.23. The van der Waals surface area contributed by atoms with E-state index in [9.17, 15) is 28.2 Å². The average Bonchev–Trinajstić information content (AvgIpc) is 2.72. The first-order valence-corrected chi connectivity index (χ1v) is 9.36. The number of alkyl halides is 3. The number of hydrogen-bond donors (Lipinski definition) is 4. The molecule has 0 amide bonds. The zero-order valence-electron chi connectivity index (χ0n) is 16.4. The highest BCUT2D eigenvalue weighted by atomic mass is 32.1. The number of phenolic OH excluding ortho intramolecular Hbond substituents is 1. The Labute approximate surface area is 180 Å². The van der Waals surface area contributed by atoms with Crippen LogP contribution < -0.4 is 20.1 Å². The molecule has 0 spiro atoms. The van der Waals surface area contributed by atoms with Gasteiger partial charge in [0.05, 0.1) is 20.3 Å². The normalized spacial score (nSPS) is 23.5. The van der Waals surface area contributed by atoms with Crippen molar-refractivity contribution in [1.29, 1.82) is 0 Å². The third kappa shape index (κ3) is 3.98. The monoisotopic (exact) mass is 456 g/mol. The van der Waals surface area contributed by atoms with E-state index in [2.05, 4.69) is 5.32 Å². The number of nitrogens with one attached hydrogen (secondary N) is 2. The number of ether oxygens (including phenoxy) is 2. The van der Waals surface area contributed by atoms with Crippen LogP contribution in [-0.2, 0) is 0 Å². The molecule has 0 aromatic heterocycles. The van der Waals surface area contributed by atoms with Crippen molar-refractivity contribution in [1.82, 2.24) is 10.6 Å². The Morgan fingerprint density at radius 2 is 1.68 bits per heavy atom. The lowest BCUT2D eigenvalue weighted by atomic mass is 9.77. The van der Waals surface area contributed by atoms with Crippen LogP contribution in [0.5, 0.6) is 17.2 Å². The van der Waals surface area contributed by atoms with Gasteiger partial charge in [0.15, 0.2) is 22.4 Å². The number of aliphatic hydroxyl groups is 1. The molecule has 1 saturated heterocycles. The van der Waals surface area contributed by atoms with Gasteiger partial charge in [0.25, 0.3) is 0 Å². The van der Waals surface area contributed by atoms with Crippen molar-refractivity contribution in [2.24, 2.45) is 5.92 Å². The minimum absolute atomic E-state index is 0.0331. The number of aromatic hydroxyl groups is 1. The van der Waals surface area contributed by atoms with Crippen molar-refractivity contribution in [3.63, 3.8) is 0 Å². The molecule has 2 aromatic rings. The average molecular weight is 456 g/mol. The van der Waals surface area contributed by atoms with Crippen molar-refractivity contribution in [3.8, 4) is 17.2 Å². The molecule has 166 valence electrons. The predicted octanol–water partition coefficient (Wildman–Crippen LogP) is 2.68. The fourth-order valence-electron chi connectivity index (χ4n) is 3.49. The summed E-state index contributed by atoms with van der Waals surface area (Å²) in [5.41, 5.74) is -3.62. The lowest BCUT2D eigenvalue weighted by molar-refractivity contribution is -0.285. The van der Waals surface area contributed by atoms with Crippen LogP contribution in [0.3, 0.4) is 0 Å². The smallest absolute Gasteiger partial charge is 0.437 e. The third-order valence-electron chi connectivity index (χ3n) is 5.01. The topological polar surface area (TPSA) is 100 Å². The maximum atomic E-state index is 14.0. The molecule has 0 unspecified atom stereocenters. The van der Waals surface area contributed by atoms with E-state index in [0.717, 1.165) is 0 Å². The van der Waals surface area contributed by atoms with Gasteiger partial charge in [-0.1, -0.05) is 30.3 Å². The zero-order chi connectivity index (χ0) is 23.0. The van der Waals surface area contributed by atoms with Gasteiger partial charge >= 0.3 is 6.18 Å². The number of phenols is 1. The fourth-order valence-corrected chi connectivity index (χ4v) is 3.77. The van der Waals surface area contributed by atoms with Crippen LogP contribution in [0.1, 0.15) is 22.0 Å². The number of Topliss-reactive ketones (excluding diaryl/α,β-unsaturated/α-hetero) is 1. The minimum atomic E-state index is -5.25. The quantitative estimate of drug-likeness (QED) is 0.403. The number of ketones is 1. The molecule has 1 heterocycles. The summed E-state index contributed by atoms with van der Waals surface area (Å²) in [7, 11) is 2.49. The van der Waals surface area contributed by atoms with Gasteiger partial charge in [-0.05, 0) is 29.9 Å². The molecular formula is C20H19F3N2O5S. The van der Waals surface area contributed by atoms with Crippen LogP contribution in [0.4, 0.5) is 13.2 Å². The van der Waals surface area contributed by atoms with E-state index in [4.69, 9.17) is 21.7 Å². The number of carbonyl (C=O) groups excluding carboxylic acids is 1. The fraction of sp³-hybridized carbons (Fsp3) is 0.300. The molecule has 1 fully saturated rings. The number of carbonyl (C=O) groups is 1. The highest BCUT2D eigenvalue weighted by Crippen LogP contribution is 2.46. The number of benzene rings is 2. The van der Waals surface area contributed by atoms with Crippen molar-refractivity contribution >= 4 is 23.1 Å². The maximum absolute atomic E-state index is 14.0. The van der Waals surface area contributed by atoms with Crippen LogP contribution in [0.2, 0.25) is 0 Å². The van der Waals surface area contributed by atoms with Gasteiger partial charge in [-0.25, -0.2) is 0 Å². The number of rotatable bonds is 5. The number of hydrogen-bond acceptors (Lipinski definition) is 6. The van der Waals surface area contributed by atoms with Gasteiger partial charge in [-0.2, -0.15) is 13.2 Å². The predicted molar refractivity (Wildman–Crippen MR) is 108 cm³/mol. The minimum Gasteiger partial charge on any atom is -0.502 e. The SMILES string of the molecule is COc1cc([C@@H]2NC(=S)N[C@@](O)(C(F)(F)F)[C@H]2C(=O)c2ccccc2)cc(OC)c1O. The highest BCUT2D eigenvalue weighted by Gasteiger charge is 2.65. The van der Waals surface area contributed by atoms with Crippen LogP contribution in [-0.4, -0.2) is 47.2 Å². The molecular weight excluding hydrogens is 437 g/mol. The number of methoxy groups -OCH3 is 2. The molecule has 1 aliphatic heterocycles. The Morgan fingerprint density at radius 3 is 2.16 bits per heavy atom. The van der Waals surface area contributed by atoms with E-state index in [1.807, 2.05) is 5.32 Å². The van der Waals surface area contributed by atoms with Gasteiger partial charge in [0.1, 0.15) is 5.92 Å². The Kier molecular flexibility index (Phi) is 6.01. The van der Waals surface area contributed by atoms with Crippen molar-refractivity contribution in [3.05, 3.63) is 53.6 Å². The standard InChI is InChI=1S/C20H19F3N2O5S/c1-29-12-8-11(9-13(30-2)17(12)27)15-14(16(26)10-6-4-3-5-7-10)19(28,20(21,22)23)25-18(31)24-15/h3-9,14-15,27-28H,1-2H3,(H2,24,25,31)/t14-,15+,19+/m1/s1. The third-order valence-corrected chi connectivity index (χ3v) is 5.23. The Morgan fingerprint density at radius 1 is 1.13 bits per heavy atom. The van der Waals surface area contributed by atoms with Crippen LogP contribution in [0.15, 0.2) is 42.5 Å². The van der Waals surface area contributed by atoms with E-state index in [0.29, 0.717) is 0 Å². The first kappa shape index (κ1) is 22.6. The van der Waals surface area contributed by atoms with E-state index < -0.39 is 34.8 Å². The molecule has 0 aliphatic carbocycles. The molecule has 2 aromatic carbocycles. The Bertz CT molecular complexity index is 977. The summed E-state index contributed by atoms with van der Waals surface area (Å²) in [5.74, 6) is -3.62. The zero-order valence-corrected chi connectivity index (χ0v) is 17.2. The number of halogens is 3. The molecule has 0 radical (unpaired) electrons. The molecule has 11 heteroatoms. The molecule has 4 N–H and O–H groups in total. The molecule has 3 rings (SSSR count). The summed E-state index contributed by atoms with van der Waals surface area (Å²) < 4.78 is 52.2. The Hall–Kier alpha value is -3.05. The summed E-state index contributed by atoms with van der Waals surface area (Å²) in [6.45, 7) is 0. The lowest BCUT2D eigenvalue weighted by Gasteiger charge is -2.46. The van der Waals surface area contributed by atoms with Gasteiger partial charge in [-0.15, -0.1) is 0 Å². The van der Waals surface area contributed by atoms with Gasteiger partial charge < -0.3 is 30.3 Å². The molecule has 31 heavy (non-hydrogen) atoms. The second kappa shape index (κ2) is 8.23. The number of thiocarbonyl (C=S) groups is 1. The van der Waals surface area contributed by atoms with Crippen LogP contribution >= 0.6 is 12.2 Å². The lowest BCUT2D eigenvalue weighted by Crippen LogP contribution is -2.72. The summed E-state index contributed by atoms with van der Waals surface area (Å²) in [6.07, 6.45) is -5.25. The second-order valence-corrected chi connectivity index (χ2v) is 7.23. The molecule has 3 atom stereocenters. The van der Waals surface area contributed by atoms with Crippen molar-refractivity contribution in [2.45, 2.75) is 17.9 Å². The molecule has 0 bridgehead atoms. The summed E-state index contributed by atoms with van der Waals surface area (Å²) in [6, 6.07) is 8.34. The summed E-state index contributed by atoms with van der Waals surface area (Å²) >= 11 is 4.90. The first-order valence-electron chi connectivity index (χ1n) is 8.95. The van der Waals surface area contributed by atoms with E-state index in [1.54, 1.807) is 6.07 Å². The van der Waals surface area contributed by atoms with Crippen LogP contribution in [0.25, 0.3) is 0 Å².